The topological polar surface area (TPSA) is 164 Å². The molecule has 0 aromatic carbocycles. The molecule has 0 aliphatic carbocycles. The Balaban J connectivity index is -0.000000801. The molecule has 0 radical (unpaired) electrons. The number of rotatable bonds is 19. The summed E-state index contributed by atoms with van der Waals surface area (Å²) in [6.07, 6.45) is 7.68. The predicted molar refractivity (Wildman–Crippen MR) is 115 cm³/mol. The Morgan fingerprint density at radius 2 is 1.18 bits per heavy atom. The molecule has 10 nitrogen and oxygen atoms in total. The average Bonchev–Trinajstić information content (AvgIpc) is 2.70. The summed E-state index contributed by atoms with van der Waals surface area (Å²) in [6, 6.07) is 0. The number of carbonyl (C=O) groups excluding carboxylic acids is 3. The fourth-order valence-corrected chi connectivity index (χ4v) is 2.94. The number of aliphatic hydroxyl groups is 1. The minimum atomic E-state index is -2.79. The van der Waals surface area contributed by atoms with Gasteiger partial charge in [0.05, 0.1) is 32.3 Å². The van der Waals surface area contributed by atoms with Crippen LogP contribution in [0, 0.1) is 0 Å². The van der Waals surface area contributed by atoms with Crippen LogP contribution in [0.5, 0.6) is 0 Å². The molecule has 0 aliphatic heterocycles. The van der Waals surface area contributed by atoms with Crippen molar-refractivity contribution >= 4 is 29.8 Å². The summed E-state index contributed by atoms with van der Waals surface area (Å²) in [5.74, 6) is -6.66. The third-order valence-corrected chi connectivity index (χ3v) is 4.80. The van der Waals surface area contributed by atoms with Crippen LogP contribution >= 0.6 is 0 Å². The van der Waals surface area contributed by atoms with Crippen molar-refractivity contribution in [3.8, 4) is 0 Å². The monoisotopic (exact) mass is 508 g/mol. The zero-order valence-electron chi connectivity index (χ0n) is 22.8. The summed E-state index contributed by atoms with van der Waals surface area (Å²) in [7, 11) is 0. The maximum atomic E-state index is 11.9. The Morgan fingerprint density at radius 3 is 1.65 bits per heavy atom. The molecule has 1 atom stereocenters. The number of carboxylic acids is 2. The maximum absolute atomic E-state index is 11.9. The van der Waals surface area contributed by atoms with E-state index >= 15 is 0 Å². The van der Waals surface area contributed by atoms with Crippen LogP contribution in [0.2, 0.25) is 0 Å². The Labute approximate surface area is 248 Å². The number of hydrogen-bond donors (Lipinski definition) is 3. The van der Waals surface area contributed by atoms with Crippen molar-refractivity contribution in [1.82, 2.24) is 0 Å². The zero-order valence-corrected chi connectivity index (χ0v) is 24.8. The number of esters is 3. The largest absolute Gasteiger partial charge is 1.00 e. The molecular formula is C22H38Na2O10. The SMILES string of the molecule is CCCCCCCCCCCCOC(=O)CC(O)(CC(=O)OC(=O)CCC(=O)O)C(=O)O.[H-].[H-].[Na+].[Na+]. The van der Waals surface area contributed by atoms with Gasteiger partial charge in [0.2, 0.25) is 0 Å². The minimum absolute atomic E-state index is 0. The molecule has 1 unspecified atom stereocenters. The van der Waals surface area contributed by atoms with Gasteiger partial charge in [0.1, 0.15) is 0 Å². The van der Waals surface area contributed by atoms with Crippen molar-refractivity contribution in [3.05, 3.63) is 0 Å². The van der Waals surface area contributed by atoms with E-state index in [-0.39, 0.29) is 68.6 Å². The van der Waals surface area contributed by atoms with Crippen LogP contribution in [-0.2, 0) is 33.4 Å². The normalized spacial score (nSPS) is 11.8. The van der Waals surface area contributed by atoms with E-state index in [9.17, 15) is 34.2 Å². The van der Waals surface area contributed by atoms with Gasteiger partial charge in [-0.05, 0) is 6.42 Å². The van der Waals surface area contributed by atoms with Crippen LogP contribution in [0.4, 0.5) is 0 Å². The molecule has 0 aromatic heterocycles. The van der Waals surface area contributed by atoms with Crippen LogP contribution in [0.15, 0.2) is 0 Å². The molecule has 0 saturated heterocycles. The molecule has 0 spiro atoms. The molecule has 12 heteroatoms. The molecule has 0 saturated carbocycles. The number of unbranched alkanes of at least 4 members (excludes halogenated alkanes) is 9. The number of hydrogen-bond acceptors (Lipinski definition) is 8. The fraction of sp³-hybridized carbons (Fsp3) is 0.773. The summed E-state index contributed by atoms with van der Waals surface area (Å²) >= 11 is 0. The fourth-order valence-electron chi connectivity index (χ4n) is 2.94. The Bertz CT molecular complexity index is 638. The van der Waals surface area contributed by atoms with Crippen LogP contribution < -0.4 is 59.1 Å². The molecule has 0 bridgehead atoms. The molecule has 188 valence electrons. The minimum Gasteiger partial charge on any atom is -1.00 e. The quantitative estimate of drug-likeness (QED) is 0.0719. The van der Waals surface area contributed by atoms with Crippen LogP contribution in [-0.4, -0.2) is 57.4 Å². The Morgan fingerprint density at radius 1 is 0.706 bits per heavy atom. The van der Waals surface area contributed by atoms with E-state index in [4.69, 9.17) is 9.84 Å². The first-order valence-corrected chi connectivity index (χ1v) is 11.2. The average molecular weight is 509 g/mol. The molecule has 0 rings (SSSR count). The van der Waals surface area contributed by atoms with E-state index in [0.29, 0.717) is 6.42 Å². The van der Waals surface area contributed by atoms with E-state index in [2.05, 4.69) is 11.7 Å². The maximum Gasteiger partial charge on any atom is 1.00 e. The number of ether oxygens (including phenoxy) is 2. The van der Waals surface area contributed by atoms with Gasteiger partial charge in [-0.1, -0.05) is 64.7 Å². The van der Waals surface area contributed by atoms with Gasteiger partial charge < -0.3 is 27.6 Å². The van der Waals surface area contributed by atoms with Crippen LogP contribution in [0.3, 0.4) is 0 Å². The van der Waals surface area contributed by atoms with Gasteiger partial charge in [0.25, 0.3) is 0 Å². The second-order valence-corrected chi connectivity index (χ2v) is 7.83. The van der Waals surface area contributed by atoms with Crippen molar-refractivity contribution < 1.29 is 111 Å². The summed E-state index contributed by atoms with van der Waals surface area (Å²) in [5.41, 5.74) is -2.79. The first kappa shape index (κ1) is 38.0. The number of aliphatic carboxylic acids is 2. The van der Waals surface area contributed by atoms with Crippen molar-refractivity contribution in [1.29, 1.82) is 0 Å². The second kappa shape index (κ2) is 22.9. The van der Waals surface area contributed by atoms with Gasteiger partial charge in [0.15, 0.2) is 5.60 Å². The molecule has 0 aromatic rings. The van der Waals surface area contributed by atoms with E-state index < -0.39 is 61.1 Å². The molecule has 0 aliphatic rings. The predicted octanol–water partition coefficient (Wildman–Crippen LogP) is -2.79. The standard InChI is InChI=1S/C22H36O10.2Na.2H/c1-2-3-4-5-6-7-8-9-10-11-14-31-19(26)15-22(30,21(28)29)16-20(27)32-18(25)13-12-17(23)24;;;;/h30H,2-16H2,1H3,(H,23,24)(H,28,29);;;;/q;2*+1;2*-1. The summed E-state index contributed by atoms with van der Waals surface area (Å²) < 4.78 is 9.23. The van der Waals surface area contributed by atoms with Crippen molar-refractivity contribution in [2.24, 2.45) is 0 Å². The third-order valence-electron chi connectivity index (χ3n) is 4.80. The summed E-state index contributed by atoms with van der Waals surface area (Å²) in [6.45, 7) is 2.25. The van der Waals surface area contributed by atoms with Crippen LogP contribution in [0.1, 0.15) is 99.7 Å². The van der Waals surface area contributed by atoms with E-state index in [1.807, 2.05) is 0 Å². The first-order valence-electron chi connectivity index (χ1n) is 11.2. The van der Waals surface area contributed by atoms with Gasteiger partial charge in [-0.3, -0.25) is 19.2 Å². The molecule has 0 fully saturated rings. The van der Waals surface area contributed by atoms with E-state index in [0.717, 1.165) is 19.3 Å². The second-order valence-electron chi connectivity index (χ2n) is 7.83. The smallest absolute Gasteiger partial charge is 1.00 e. The van der Waals surface area contributed by atoms with Gasteiger partial charge >= 0.3 is 89.0 Å². The van der Waals surface area contributed by atoms with Crippen molar-refractivity contribution in [2.75, 3.05) is 6.61 Å². The summed E-state index contributed by atoms with van der Waals surface area (Å²) in [5, 5.41) is 27.8. The Kier molecular flexibility index (Phi) is 25.7. The van der Waals surface area contributed by atoms with Crippen LogP contribution in [0.25, 0.3) is 0 Å². The summed E-state index contributed by atoms with van der Waals surface area (Å²) in [4.78, 5) is 56.6. The number of carboxylic acid groups (broad SMARTS) is 2. The molecular weight excluding hydrogens is 470 g/mol. The van der Waals surface area contributed by atoms with Crippen molar-refractivity contribution in [2.45, 2.75) is 102 Å². The van der Waals surface area contributed by atoms with Gasteiger partial charge in [-0.25, -0.2) is 4.79 Å². The van der Waals surface area contributed by atoms with Gasteiger partial charge in [0, 0.05) is 0 Å². The van der Waals surface area contributed by atoms with Gasteiger partial charge in [-0.2, -0.15) is 0 Å². The third kappa shape index (κ3) is 20.8. The molecule has 0 heterocycles. The molecule has 0 amide bonds. The first-order chi connectivity index (χ1) is 15.1. The number of carbonyl (C=O) groups is 5. The van der Waals surface area contributed by atoms with Gasteiger partial charge in [-0.15, -0.1) is 0 Å². The van der Waals surface area contributed by atoms with Crippen molar-refractivity contribution in [3.63, 3.8) is 0 Å². The molecule has 3 N–H and O–H groups in total. The van der Waals surface area contributed by atoms with E-state index in [1.54, 1.807) is 0 Å². The Hall–Kier alpha value is -0.490. The molecule has 34 heavy (non-hydrogen) atoms. The van der Waals surface area contributed by atoms with E-state index in [1.165, 1.54) is 38.5 Å². The zero-order chi connectivity index (χ0) is 24.4.